The molecule has 2 aliphatic rings. The fourth-order valence-corrected chi connectivity index (χ4v) is 6.30. The van der Waals surface area contributed by atoms with Crippen molar-refractivity contribution in [2.45, 2.75) is 32.1 Å². The molecule has 1 saturated heterocycles. The van der Waals surface area contributed by atoms with Gasteiger partial charge in [0.15, 0.2) is 0 Å². The summed E-state index contributed by atoms with van der Waals surface area (Å²) in [4.78, 5) is 15.4. The van der Waals surface area contributed by atoms with Crippen LogP contribution in [0.4, 0.5) is 20.2 Å². The third kappa shape index (κ3) is 6.74. The summed E-state index contributed by atoms with van der Waals surface area (Å²) in [5.74, 6) is -0.667. The Morgan fingerprint density at radius 2 is 1.85 bits per heavy atom. The standard InChI is InChI=1S/C27H30ClF2N5O5S/c1-27(7-8-27)17-39-24-22(15-32-35(25(24)36)21-4-2-3-19(28)13-21)33-9-11-34(12-10-33)41(37,38)16-18-5-6-20(31)14-23(18)40-26(29)30/h2-6,13-15,26H,7-12,16-17,31H2,1H3. The van der Waals surface area contributed by atoms with E-state index in [4.69, 9.17) is 22.1 Å². The highest BCUT2D eigenvalue weighted by Crippen LogP contribution is 2.45. The molecule has 1 saturated carbocycles. The lowest BCUT2D eigenvalue weighted by Gasteiger charge is -2.36. The van der Waals surface area contributed by atoms with E-state index in [1.165, 1.54) is 27.2 Å². The SMILES string of the molecule is CC1(COc2c(N3CCN(S(=O)(=O)Cc4ccc(N)cc4OC(F)F)CC3)cnn(-c3cccc(Cl)c3)c2=O)CC1. The van der Waals surface area contributed by atoms with E-state index < -0.39 is 27.9 Å². The molecule has 14 heteroatoms. The molecular formula is C27H30ClF2N5O5S. The summed E-state index contributed by atoms with van der Waals surface area (Å²) in [6.07, 6.45) is 3.55. The van der Waals surface area contributed by atoms with Crippen LogP contribution in [-0.4, -0.2) is 61.9 Å². The summed E-state index contributed by atoms with van der Waals surface area (Å²) in [5, 5.41) is 4.81. The summed E-state index contributed by atoms with van der Waals surface area (Å²) in [5.41, 5.74) is 6.45. The van der Waals surface area contributed by atoms with Gasteiger partial charge in [-0.1, -0.05) is 30.7 Å². The van der Waals surface area contributed by atoms with Crippen molar-refractivity contribution in [1.82, 2.24) is 14.1 Å². The highest BCUT2D eigenvalue weighted by molar-refractivity contribution is 7.88. The van der Waals surface area contributed by atoms with Crippen LogP contribution in [0.1, 0.15) is 25.3 Å². The van der Waals surface area contributed by atoms with Crippen molar-refractivity contribution in [3.63, 3.8) is 0 Å². The van der Waals surface area contributed by atoms with Crippen molar-refractivity contribution in [3.05, 3.63) is 69.6 Å². The number of nitrogen functional groups attached to an aromatic ring is 1. The number of sulfonamides is 1. The highest BCUT2D eigenvalue weighted by atomic mass is 35.5. The molecule has 2 heterocycles. The van der Waals surface area contributed by atoms with Crippen molar-refractivity contribution in [1.29, 1.82) is 0 Å². The zero-order chi connectivity index (χ0) is 29.4. The molecule has 10 nitrogen and oxygen atoms in total. The van der Waals surface area contributed by atoms with Crippen molar-refractivity contribution in [2.24, 2.45) is 5.41 Å². The average Bonchev–Trinajstić information content (AvgIpc) is 3.66. The fourth-order valence-electron chi connectivity index (χ4n) is 4.58. The Morgan fingerprint density at radius 1 is 1.12 bits per heavy atom. The van der Waals surface area contributed by atoms with Gasteiger partial charge < -0.3 is 20.1 Å². The molecule has 220 valence electrons. The summed E-state index contributed by atoms with van der Waals surface area (Å²) in [6, 6.07) is 10.7. The predicted molar refractivity (Wildman–Crippen MR) is 152 cm³/mol. The minimum absolute atomic E-state index is 0.00955. The molecule has 41 heavy (non-hydrogen) atoms. The van der Waals surface area contributed by atoms with Gasteiger partial charge in [-0.2, -0.15) is 22.9 Å². The van der Waals surface area contributed by atoms with Crippen LogP contribution in [0.15, 0.2) is 53.5 Å². The fraction of sp³-hybridized carbons (Fsp3) is 0.407. The molecule has 0 spiro atoms. The summed E-state index contributed by atoms with van der Waals surface area (Å²) >= 11 is 6.13. The topological polar surface area (TPSA) is 120 Å². The van der Waals surface area contributed by atoms with Gasteiger partial charge in [-0.3, -0.25) is 4.79 Å². The lowest BCUT2D eigenvalue weighted by molar-refractivity contribution is -0.0503. The number of benzene rings is 2. The molecule has 0 radical (unpaired) electrons. The van der Waals surface area contributed by atoms with Gasteiger partial charge >= 0.3 is 12.2 Å². The molecule has 1 aliphatic carbocycles. The van der Waals surface area contributed by atoms with E-state index in [0.29, 0.717) is 23.0 Å². The van der Waals surface area contributed by atoms with Crippen LogP contribution in [0.5, 0.6) is 11.5 Å². The van der Waals surface area contributed by atoms with Crippen molar-refractivity contribution >= 4 is 33.0 Å². The number of piperazine rings is 1. The van der Waals surface area contributed by atoms with Crippen LogP contribution < -0.4 is 25.7 Å². The van der Waals surface area contributed by atoms with Crippen LogP contribution >= 0.6 is 11.6 Å². The van der Waals surface area contributed by atoms with Gasteiger partial charge in [0.05, 0.1) is 24.2 Å². The van der Waals surface area contributed by atoms with E-state index in [1.807, 2.05) is 4.90 Å². The van der Waals surface area contributed by atoms with E-state index in [1.54, 1.807) is 30.5 Å². The molecule has 2 fully saturated rings. The first kappa shape index (κ1) is 29.1. The number of hydrogen-bond donors (Lipinski definition) is 1. The maximum atomic E-state index is 13.6. The predicted octanol–water partition coefficient (Wildman–Crippen LogP) is 3.90. The Kier molecular flexibility index (Phi) is 8.13. The number of aromatic nitrogens is 2. The zero-order valence-electron chi connectivity index (χ0n) is 22.3. The van der Waals surface area contributed by atoms with Gasteiger partial charge in [-0.25, -0.2) is 8.42 Å². The molecule has 0 bridgehead atoms. The second kappa shape index (κ2) is 11.5. The molecule has 2 aromatic carbocycles. The molecule has 0 amide bonds. The van der Waals surface area contributed by atoms with E-state index in [2.05, 4.69) is 16.8 Å². The first-order valence-electron chi connectivity index (χ1n) is 13.0. The van der Waals surface area contributed by atoms with E-state index in [9.17, 15) is 22.0 Å². The maximum Gasteiger partial charge on any atom is 0.387 e. The smallest absolute Gasteiger partial charge is 0.387 e. The number of alkyl halides is 2. The van der Waals surface area contributed by atoms with E-state index in [0.717, 1.165) is 12.8 Å². The molecule has 1 aromatic heterocycles. The van der Waals surface area contributed by atoms with Crippen molar-refractivity contribution in [3.8, 4) is 17.2 Å². The Morgan fingerprint density at radius 3 is 2.51 bits per heavy atom. The Bertz CT molecular complexity index is 1590. The quantitative estimate of drug-likeness (QED) is 0.344. The maximum absolute atomic E-state index is 13.6. The number of nitrogens with two attached hydrogens (primary N) is 1. The lowest BCUT2D eigenvalue weighted by atomic mass is 10.2. The normalized spacial score (nSPS) is 17.0. The number of halogens is 3. The molecular weight excluding hydrogens is 580 g/mol. The molecule has 3 aromatic rings. The second-order valence-corrected chi connectivity index (χ2v) is 12.9. The van der Waals surface area contributed by atoms with E-state index in [-0.39, 0.29) is 54.3 Å². The number of nitrogens with zero attached hydrogens (tertiary/aromatic N) is 4. The van der Waals surface area contributed by atoms with E-state index >= 15 is 0 Å². The lowest BCUT2D eigenvalue weighted by Crippen LogP contribution is -2.49. The van der Waals surface area contributed by atoms with Gasteiger partial charge in [-0.05, 0) is 37.1 Å². The van der Waals surface area contributed by atoms with Crippen molar-refractivity contribution in [2.75, 3.05) is 43.4 Å². The summed E-state index contributed by atoms with van der Waals surface area (Å²) < 4.78 is 65.3. The molecule has 5 rings (SSSR count). The van der Waals surface area contributed by atoms with Crippen LogP contribution in [0.2, 0.25) is 5.02 Å². The van der Waals surface area contributed by atoms with Crippen molar-refractivity contribution < 1.29 is 26.7 Å². The monoisotopic (exact) mass is 609 g/mol. The van der Waals surface area contributed by atoms with Crippen LogP contribution in [0, 0.1) is 5.41 Å². The van der Waals surface area contributed by atoms with Gasteiger partial charge in [0.2, 0.25) is 15.8 Å². The molecule has 0 unspecified atom stereocenters. The first-order valence-corrected chi connectivity index (χ1v) is 15.0. The Hall–Kier alpha value is -3.42. The largest absolute Gasteiger partial charge is 0.486 e. The number of rotatable bonds is 10. The van der Waals surface area contributed by atoms with Gasteiger partial charge in [0.1, 0.15) is 11.4 Å². The van der Waals surface area contributed by atoms with Gasteiger partial charge in [0, 0.05) is 53.9 Å². The van der Waals surface area contributed by atoms with Crippen LogP contribution in [-0.2, 0) is 15.8 Å². The number of ether oxygens (including phenoxy) is 2. The number of hydrogen-bond acceptors (Lipinski definition) is 8. The van der Waals surface area contributed by atoms with Gasteiger partial charge in [0.25, 0.3) is 0 Å². The molecule has 0 atom stereocenters. The second-order valence-electron chi connectivity index (χ2n) is 10.5. The number of anilines is 2. The average molecular weight is 610 g/mol. The minimum Gasteiger partial charge on any atom is -0.486 e. The zero-order valence-corrected chi connectivity index (χ0v) is 23.9. The third-order valence-corrected chi connectivity index (χ3v) is 9.32. The third-order valence-electron chi connectivity index (χ3n) is 7.25. The molecule has 2 N–H and O–H groups in total. The first-order chi connectivity index (χ1) is 19.4. The van der Waals surface area contributed by atoms with Gasteiger partial charge in [-0.15, -0.1) is 0 Å². The summed E-state index contributed by atoms with van der Waals surface area (Å²) in [6.45, 7) is 0.0747. The Balaban J connectivity index is 1.35. The summed E-state index contributed by atoms with van der Waals surface area (Å²) in [7, 11) is -3.88. The molecule has 1 aliphatic heterocycles. The Labute approximate surface area is 241 Å². The van der Waals surface area contributed by atoms with Crippen LogP contribution in [0.25, 0.3) is 5.69 Å². The minimum atomic E-state index is -3.88. The van der Waals surface area contributed by atoms with Crippen LogP contribution in [0.3, 0.4) is 0 Å². The highest BCUT2D eigenvalue weighted by Gasteiger charge is 2.39.